The maximum atomic E-state index is 12.1. The van der Waals surface area contributed by atoms with Crippen LogP contribution >= 0.6 is 0 Å². The summed E-state index contributed by atoms with van der Waals surface area (Å²) in [5.74, 6) is 1.90. The molecular formula is C19H26N2O4. The van der Waals surface area contributed by atoms with E-state index >= 15 is 0 Å². The number of furan rings is 1. The lowest BCUT2D eigenvalue weighted by Gasteiger charge is -2.21. The van der Waals surface area contributed by atoms with E-state index in [9.17, 15) is 9.90 Å². The number of anilines is 1. The number of hydrogen-bond acceptors (Lipinski definition) is 4. The van der Waals surface area contributed by atoms with Gasteiger partial charge >= 0.3 is 6.03 Å². The number of carbonyl (C=O) groups excluding carboxylic acids is 1. The average Bonchev–Trinajstić information content (AvgIpc) is 3.01. The quantitative estimate of drug-likeness (QED) is 0.713. The van der Waals surface area contributed by atoms with Crippen molar-refractivity contribution in [2.24, 2.45) is 0 Å². The minimum atomic E-state index is -1.28. The van der Waals surface area contributed by atoms with Crippen LogP contribution in [0, 0.1) is 13.8 Å². The summed E-state index contributed by atoms with van der Waals surface area (Å²) in [5.41, 5.74) is 0.311. The summed E-state index contributed by atoms with van der Waals surface area (Å²) >= 11 is 0. The van der Waals surface area contributed by atoms with E-state index in [1.54, 1.807) is 32.0 Å². The summed E-state index contributed by atoms with van der Waals surface area (Å²) in [6.07, 6.45) is 0.941. The summed E-state index contributed by atoms with van der Waals surface area (Å²) in [6.45, 7) is 8.03. The van der Waals surface area contributed by atoms with Gasteiger partial charge in [-0.1, -0.05) is 6.92 Å². The van der Waals surface area contributed by atoms with Gasteiger partial charge in [0.05, 0.1) is 13.2 Å². The van der Waals surface area contributed by atoms with Gasteiger partial charge in [-0.2, -0.15) is 0 Å². The van der Waals surface area contributed by atoms with Crippen molar-refractivity contribution in [1.29, 1.82) is 0 Å². The number of hydrogen-bond donors (Lipinski definition) is 3. The molecule has 0 spiro atoms. The molecule has 2 aromatic rings. The van der Waals surface area contributed by atoms with E-state index in [0.29, 0.717) is 23.8 Å². The van der Waals surface area contributed by atoms with Gasteiger partial charge in [0, 0.05) is 5.69 Å². The van der Waals surface area contributed by atoms with E-state index in [-0.39, 0.29) is 6.54 Å². The van der Waals surface area contributed by atoms with E-state index in [1.165, 1.54) is 0 Å². The normalized spacial score (nSPS) is 13.2. The van der Waals surface area contributed by atoms with Crippen LogP contribution in [0.1, 0.15) is 37.4 Å². The lowest BCUT2D eigenvalue weighted by Crippen LogP contribution is -2.40. The highest BCUT2D eigenvalue weighted by molar-refractivity contribution is 5.90. The summed E-state index contributed by atoms with van der Waals surface area (Å²) in [4.78, 5) is 12.1. The standard InChI is InChI=1S/C19H26N2O4/c1-5-10-24-15-7-8-16(13(2)11-15)21-18(22)20-12-19(4,23)17-9-6-14(3)25-17/h6-9,11,23H,5,10,12H2,1-4H3,(H2,20,21,22). The van der Waals surface area contributed by atoms with Crippen LogP contribution in [0.3, 0.4) is 0 Å². The summed E-state index contributed by atoms with van der Waals surface area (Å²) in [7, 11) is 0. The van der Waals surface area contributed by atoms with Gasteiger partial charge in [0.15, 0.2) is 0 Å². The number of benzene rings is 1. The minimum absolute atomic E-state index is 0.0303. The van der Waals surface area contributed by atoms with Gasteiger partial charge < -0.3 is 24.9 Å². The van der Waals surface area contributed by atoms with Crippen LogP contribution in [0.5, 0.6) is 5.75 Å². The fourth-order valence-electron chi connectivity index (χ4n) is 2.32. The molecule has 0 saturated carbocycles. The first-order chi connectivity index (χ1) is 11.8. The number of amides is 2. The number of urea groups is 1. The third-order valence-electron chi connectivity index (χ3n) is 3.78. The molecule has 3 N–H and O–H groups in total. The molecule has 1 atom stereocenters. The molecule has 1 aromatic heterocycles. The van der Waals surface area contributed by atoms with Gasteiger partial charge in [-0.25, -0.2) is 4.79 Å². The van der Waals surface area contributed by atoms with Gasteiger partial charge in [-0.05, 0) is 63.1 Å². The Balaban J connectivity index is 1.91. The van der Waals surface area contributed by atoms with Gasteiger partial charge in [0.2, 0.25) is 0 Å². The third-order valence-corrected chi connectivity index (χ3v) is 3.78. The maximum Gasteiger partial charge on any atom is 0.319 e. The molecule has 2 rings (SSSR count). The first-order valence-corrected chi connectivity index (χ1v) is 8.39. The van der Waals surface area contributed by atoms with Crippen molar-refractivity contribution < 1.29 is 19.1 Å². The van der Waals surface area contributed by atoms with E-state index in [4.69, 9.17) is 9.15 Å². The van der Waals surface area contributed by atoms with Gasteiger partial charge in [0.1, 0.15) is 22.9 Å². The van der Waals surface area contributed by atoms with Crippen molar-refractivity contribution in [1.82, 2.24) is 5.32 Å². The Labute approximate surface area is 148 Å². The molecule has 1 unspecified atom stereocenters. The summed E-state index contributed by atoms with van der Waals surface area (Å²) < 4.78 is 11.0. The topological polar surface area (TPSA) is 83.7 Å². The van der Waals surface area contributed by atoms with Gasteiger partial charge in [-0.15, -0.1) is 0 Å². The van der Waals surface area contributed by atoms with Crippen LogP contribution < -0.4 is 15.4 Å². The number of rotatable bonds is 7. The molecule has 0 saturated heterocycles. The Morgan fingerprint density at radius 1 is 1.28 bits per heavy atom. The van der Waals surface area contributed by atoms with Crippen molar-refractivity contribution in [3.8, 4) is 5.75 Å². The first-order valence-electron chi connectivity index (χ1n) is 8.39. The Morgan fingerprint density at radius 2 is 2.04 bits per heavy atom. The molecule has 6 heteroatoms. The lowest BCUT2D eigenvalue weighted by atomic mass is 10.0. The fraction of sp³-hybridized carbons (Fsp3) is 0.421. The van der Waals surface area contributed by atoms with Crippen molar-refractivity contribution in [2.45, 2.75) is 39.7 Å². The summed E-state index contributed by atoms with van der Waals surface area (Å²) in [6, 6.07) is 8.58. The maximum absolute atomic E-state index is 12.1. The number of aliphatic hydroxyl groups is 1. The second kappa shape index (κ2) is 8.07. The molecule has 1 heterocycles. The largest absolute Gasteiger partial charge is 0.494 e. The van der Waals surface area contributed by atoms with Crippen LogP contribution in [0.15, 0.2) is 34.7 Å². The SMILES string of the molecule is CCCOc1ccc(NC(=O)NCC(C)(O)c2ccc(C)o2)c(C)c1. The van der Waals surface area contributed by atoms with Crippen molar-refractivity contribution in [3.63, 3.8) is 0 Å². The zero-order chi connectivity index (χ0) is 18.4. The van der Waals surface area contributed by atoms with Crippen molar-refractivity contribution >= 4 is 11.7 Å². The van der Waals surface area contributed by atoms with Crippen molar-refractivity contribution in [2.75, 3.05) is 18.5 Å². The molecule has 0 aliphatic rings. The molecule has 6 nitrogen and oxygen atoms in total. The second-order valence-electron chi connectivity index (χ2n) is 6.32. The Morgan fingerprint density at radius 3 is 2.64 bits per heavy atom. The predicted molar refractivity (Wildman–Crippen MR) is 97.0 cm³/mol. The fourth-order valence-corrected chi connectivity index (χ4v) is 2.32. The molecule has 0 fully saturated rings. The molecular weight excluding hydrogens is 320 g/mol. The number of carbonyl (C=O) groups is 1. The van der Waals surface area contributed by atoms with E-state index < -0.39 is 11.6 Å². The zero-order valence-electron chi connectivity index (χ0n) is 15.2. The zero-order valence-corrected chi connectivity index (χ0v) is 15.2. The third kappa shape index (κ3) is 5.26. The molecule has 0 radical (unpaired) electrons. The molecule has 0 aliphatic carbocycles. The molecule has 1 aromatic carbocycles. The molecule has 136 valence electrons. The van der Waals surface area contributed by atoms with Gasteiger partial charge in [0.25, 0.3) is 0 Å². The highest BCUT2D eigenvalue weighted by Crippen LogP contribution is 2.23. The Bertz CT molecular complexity index is 722. The second-order valence-corrected chi connectivity index (χ2v) is 6.32. The summed E-state index contributed by atoms with van der Waals surface area (Å²) in [5, 5.41) is 15.9. The lowest BCUT2D eigenvalue weighted by molar-refractivity contribution is 0.0364. The number of nitrogens with one attached hydrogen (secondary N) is 2. The molecule has 25 heavy (non-hydrogen) atoms. The van der Waals surface area contributed by atoms with Crippen LogP contribution in [0.25, 0.3) is 0 Å². The van der Waals surface area contributed by atoms with Crippen LogP contribution in [0.4, 0.5) is 10.5 Å². The van der Waals surface area contributed by atoms with E-state index in [1.807, 2.05) is 26.0 Å². The van der Waals surface area contributed by atoms with E-state index in [2.05, 4.69) is 10.6 Å². The van der Waals surface area contributed by atoms with Crippen LogP contribution in [-0.2, 0) is 5.60 Å². The highest BCUT2D eigenvalue weighted by Gasteiger charge is 2.27. The Hall–Kier alpha value is -2.47. The average molecular weight is 346 g/mol. The number of ether oxygens (including phenoxy) is 1. The minimum Gasteiger partial charge on any atom is -0.494 e. The number of aryl methyl sites for hydroxylation is 2. The molecule has 0 bridgehead atoms. The Kier molecular flexibility index (Phi) is 6.09. The van der Waals surface area contributed by atoms with Crippen LogP contribution in [0.2, 0.25) is 0 Å². The first kappa shape index (κ1) is 18.9. The van der Waals surface area contributed by atoms with Crippen molar-refractivity contribution in [3.05, 3.63) is 47.4 Å². The van der Waals surface area contributed by atoms with Gasteiger partial charge in [-0.3, -0.25) is 0 Å². The predicted octanol–water partition coefficient (Wildman–Crippen LogP) is 3.71. The molecule has 2 amide bonds. The highest BCUT2D eigenvalue weighted by atomic mass is 16.5. The smallest absolute Gasteiger partial charge is 0.319 e. The van der Waals surface area contributed by atoms with Crippen LogP contribution in [-0.4, -0.2) is 24.3 Å². The molecule has 0 aliphatic heterocycles. The van der Waals surface area contributed by atoms with E-state index in [0.717, 1.165) is 17.7 Å². The monoisotopic (exact) mass is 346 g/mol.